The zero-order valence-corrected chi connectivity index (χ0v) is 17.4. The van der Waals surface area contributed by atoms with Gasteiger partial charge in [-0.1, -0.05) is 29.3 Å². The van der Waals surface area contributed by atoms with E-state index in [9.17, 15) is 14.7 Å². The first-order chi connectivity index (χ1) is 14.4. The van der Waals surface area contributed by atoms with Crippen LogP contribution in [0, 0.1) is 13.8 Å². The van der Waals surface area contributed by atoms with Crippen LogP contribution in [0.5, 0.6) is 0 Å². The third kappa shape index (κ3) is 4.64. The molecule has 1 aromatic heterocycles. The van der Waals surface area contributed by atoms with E-state index in [0.717, 1.165) is 28.8 Å². The molecule has 160 valence electrons. The van der Waals surface area contributed by atoms with Gasteiger partial charge in [0.1, 0.15) is 6.61 Å². The summed E-state index contributed by atoms with van der Waals surface area (Å²) >= 11 is 0. The topological polar surface area (TPSA) is 96.7 Å². The highest BCUT2D eigenvalue weighted by molar-refractivity contribution is 5.92. The summed E-state index contributed by atoms with van der Waals surface area (Å²) in [5, 5.41) is 16.7. The standard InChI is InChI=1S/C22H28N4O4/c1-14-6-15(2)8-16(7-14)13-30-22(29)25-4-3-5-26-18(12-25)11-20(24-26)21(28)23-17-9-19(27)10-17/h6-8,11,17,19,27H,3-5,9-10,12-13H2,1-2H3,(H,23,28). The molecular weight excluding hydrogens is 384 g/mol. The molecule has 1 aliphatic heterocycles. The zero-order chi connectivity index (χ0) is 21.3. The van der Waals surface area contributed by atoms with Crippen molar-refractivity contribution in [1.29, 1.82) is 0 Å². The van der Waals surface area contributed by atoms with Crippen LogP contribution in [0.3, 0.4) is 0 Å². The van der Waals surface area contributed by atoms with Gasteiger partial charge < -0.3 is 20.1 Å². The molecule has 0 radical (unpaired) electrons. The van der Waals surface area contributed by atoms with E-state index in [1.807, 2.05) is 26.0 Å². The Morgan fingerprint density at radius 3 is 2.60 bits per heavy atom. The molecular formula is C22H28N4O4. The largest absolute Gasteiger partial charge is 0.445 e. The minimum atomic E-state index is -0.363. The number of ether oxygens (including phenoxy) is 1. The van der Waals surface area contributed by atoms with Crippen molar-refractivity contribution in [3.63, 3.8) is 0 Å². The summed E-state index contributed by atoms with van der Waals surface area (Å²) in [5.41, 5.74) is 4.41. The summed E-state index contributed by atoms with van der Waals surface area (Å²) < 4.78 is 7.33. The number of nitrogens with zero attached hydrogens (tertiary/aromatic N) is 3. The average Bonchev–Trinajstić information content (AvgIpc) is 2.96. The quantitative estimate of drug-likeness (QED) is 0.803. The molecule has 0 spiro atoms. The smallest absolute Gasteiger partial charge is 0.410 e. The minimum absolute atomic E-state index is 0.00532. The Morgan fingerprint density at radius 1 is 1.17 bits per heavy atom. The molecule has 2 heterocycles. The predicted molar refractivity (Wildman–Crippen MR) is 110 cm³/mol. The van der Waals surface area contributed by atoms with Crippen molar-refractivity contribution >= 4 is 12.0 Å². The van der Waals surface area contributed by atoms with Crippen LogP contribution in [0.25, 0.3) is 0 Å². The normalized spacial score (nSPS) is 20.7. The van der Waals surface area contributed by atoms with Crippen molar-refractivity contribution in [3.05, 3.63) is 52.3 Å². The third-order valence-electron chi connectivity index (χ3n) is 5.60. The monoisotopic (exact) mass is 412 g/mol. The SMILES string of the molecule is Cc1cc(C)cc(COC(=O)N2CCCn3nc(C(=O)NC4CC(O)C4)cc3C2)c1. The van der Waals surface area contributed by atoms with Gasteiger partial charge in [-0.3, -0.25) is 9.48 Å². The van der Waals surface area contributed by atoms with Crippen LogP contribution in [0.1, 0.15) is 52.1 Å². The zero-order valence-electron chi connectivity index (χ0n) is 17.4. The van der Waals surface area contributed by atoms with Crippen molar-refractivity contribution in [3.8, 4) is 0 Å². The Balaban J connectivity index is 1.37. The second-order valence-corrected chi connectivity index (χ2v) is 8.37. The van der Waals surface area contributed by atoms with Gasteiger partial charge in [-0.2, -0.15) is 5.10 Å². The number of aryl methyl sites for hydroxylation is 3. The third-order valence-corrected chi connectivity index (χ3v) is 5.60. The van der Waals surface area contributed by atoms with Crippen LogP contribution < -0.4 is 5.32 Å². The van der Waals surface area contributed by atoms with E-state index in [-0.39, 0.29) is 30.8 Å². The maximum atomic E-state index is 12.6. The summed E-state index contributed by atoms with van der Waals surface area (Å²) in [5.74, 6) is -0.239. The lowest BCUT2D eigenvalue weighted by atomic mass is 9.89. The van der Waals surface area contributed by atoms with Crippen LogP contribution >= 0.6 is 0 Å². The molecule has 2 aliphatic rings. The number of aromatic nitrogens is 2. The van der Waals surface area contributed by atoms with E-state index in [1.165, 1.54) is 0 Å². The molecule has 0 bridgehead atoms. The molecule has 8 heteroatoms. The summed E-state index contributed by atoms with van der Waals surface area (Å²) in [6, 6.07) is 7.86. The van der Waals surface area contributed by atoms with Crippen molar-refractivity contribution in [2.24, 2.45) is 0 Å². The van der Waals surface area contributed by atoms with E-state index < -0.39 is 0 Å². The minimum Gasteiger partial charge on any atom is -0.445 e. The Hall–Kier alpha value is -2.87. The Labute approximate surface area is 175 Å². The van der Waals surface area contributed by atoms with E-state index in [1.54, 1.807) is 15.6 Å². The predicted octanol–water partition coefficient (Wildman–Crippen LogP) is 2.30. The molecule has 0 saturated heterocycles. The van der Waals surface area contributed by atoms with Crippen LogP contribution in [0.2, 0.25) is 0 Å². The van der Waals surface area contributed by atoms with E-state index in [0.29, 0.717) is 38.2 Å². The van der Waals surface area contributed by atoms with Crippen molar-refractivity contribution in [2.45, 2.75) is 65.0 Å². The molecule has 2 N–H and O–H groups in total. The van der Waals surface area contributed by atoms with Gasteiger partial charge in [0, 0.05) is 19.1 Å². The lowest BCUT2D eigenvalue weighted by Gasteiger charge is -2.31. The lowest BCUT2D eigenvalue weighted by molar-refractivity contribution is 0.0560. The number of aliphatic hydroxyl groups is 1. The van der Waals surface area contributed by atoms with E-state index in [4.69, 9.17) is 4.74 Å². The highest BCUT2D eigenvalue weighted by Crippen LogP contribution is 2.21. The molecule has 2 aromatic rings. The highest BCUT2D eigenvalue weighted by atomic mass is 16.6. The number of fused-ring (bicyclic) bond motifs is 1. The second kappa shape index (κ2) is 8.47. The molecule has 30 heavy (non-hydrogen) atoms. The van der Waals surface area contributed by atoms with E-state index >= 15 is 0 Å². The second-order valence-electron chi connectivity index (χ2n) is 8.37. The molecule has 1 fully saturated rings. The maximum Gasteiger partial charge on any atom is 0.410 e. The average molecular weight is 412 g/mol. The van der Waals surface area contributed by atoms with Gasteiger partial charge in [0.05, 0.1) is 18.3 Å². The fourth-order valence-electron chi connectivity index (χ4n) is 4.08. The molecule has 1 saturated carbocycles. The number of aliphatic hydroxyl groups excluding tert-OH is 1. The maximum absolute atomic E-state index is 12.6. The molecule has 8 nitrogen and oxygen atoms in total. The molecule has 2 amide bonds. The number of hydrogen-bond donors (Lipinski definition) is 2. The number of nitrogens with one attached hydrogen (secondary N) is 1. The molecule has 0 unspecified atom stereocenters. The Morgan fingerprint density at radius 2 is 1.90 bits per heavy atom. The van der Waals surface area contributed by atoms with Gasteiger partial charge >= 0.3 is 6.09 Å². The number of carbonyl (C=O) groups is 2. The first-order valence-corrected chi connectivity index (χ1v) is 10.4. The fraction of sp³-hybridized carbons (Fsp3) is 0.500. The summed E-state index contributed by atoms with van der Waals surface area (Å²) in [6.45, 7) is 5.86. The summed E-state index contributed by atoms with van der Waals surface area (Å²) in [6.07, 6.45) is 1.22. The van der Waals surface area contributed by atoms with Crippen LogP contribution in [-0.4, -0.2) is 50.5 Å². The number of amides is 2. The Bertz CT molecular complexity index is 928. The molecule has 1 aromatic carbocycles. The number of benzene rings is 1. The first-order valence-electron chi connectivity index (χ1n) is 10.4. The van der Waals surface area contributed by atoms with Gasteiger partial charge in [0.2, 0.25) is 0 Å². The van der Waals surface area contributed by atoms with Gasteiger partial charge in [-0.15, -0.1) is 0 Å². The van der Waals surface area contributed by atoms with Crippen LogP contribution in [0.15, 0.2) is 24.3 Å². The van der Waals surface area contributed by atoms with E-state index in [2.05, 4.69) is 16.5 Å². The first kappa shape index (κ1) is 20.4. The van der Waals surface area contributed by atoms with Crippen LogP contribution in [-0.2, 0) is 24.4 Å². The summed E-state index contributed by atoms with van der Waals surface area (Å²) in [7, 11) is 0. The highest BCUT2D eigenvalue weighted by Gasteiger charge is 2.30. The lowest BCUT2D eigenvalue weighted by Crippen LogP contribution is -2.46. The fourth-order valence-corrected chi connectivity index (χ4v) is 4.08. The Kier molecular flexibility index (Phi) is 5.76. The van der Waals surface area contributed by atoms with Crippen molar-refractivity contribution in [1.82, 2.24) is 20.0 Å². The number of hydrogen-bond acceptors (Lipinski definition) is 5. The van der Waals surface area contributed by atoms with Gasteiger partial charge in [-0.05, 0) is 44.7 Å². The van der Waals surface area contributed by atoms with Gasteiger partial charge in [-0.25, -0.2) is 4.79 Å². The molecule has 0 atom stereocenters. The summed E-state index contributed by atoms with van der Waals surface area (Å²) in [4.78, 5) is 26.7. The molecule has 1 aliphatic carbocycles. The number of rotatable bonds is 4. The van der Waals surface area contributed by atoms with Gasteiger partial charge in [0.15, 0.2) is 5.69 Å². The van der Waals surface area contributed by atoms with Crippen LogP contribution in [0.4, 0.5) is 4.79 Å². The van der Waals surface area contributed by atoms with Crippen molar-refractivity contribution in [2.75, 3.05) is 6.54 Å². The van der Waals surface area contributed by atoms with Crippen molar-refractivity contribution < 1.29 is 19.4 Å². The molecule has 4 rings (SSSR count). The number of carbonyl (C=O) groups excluding carboxylic acids is 2. The van der Waals surface area contributed by atoms with Gasteiger partial charge in [0.25, 0.3) is 5.91 Å².